The Kier molecular flexibility index (Phi) is 9.85. The van der Waals surface area contributed by atoms with E-state index in [4.69, 9.17) is 0 Å². The van der Waals surface area contributed by atoms with Crippen LogP contribution in [-0.2, 0) is 18.3 Å². The molecule has 2 heteroatoms. The first-order valence-electron chi connectivity index (χ1n) is 25.9. The summed E-state index contributed by atoms with van der Waals surface area (Å²) in [6.45, 7) is 9.21. The molecule has 0 spiro atoms. The third-order valence-electron chi connectivity index (χ3n) is 16.3. The number of benzene rings is 11. The van der Waals surface area contributed by atoms with Crippen LogP contribution in [0, 0.1) is 0 Å². The van der Waals surface area contributed by atoms with Crippen LogP contribution in [0.2, 0.25) is 0 Å². The fourth-order valence-corrected chi connectivity index (χ4v) is 12.8. The molecule has 2 heterocycles. The van der Waals surface area contributed by atoms with Gasteiger partial charge in [0.1, 0.15) is 0 Å². The second-order valence-electron chi connectivity index (χ2n) is 20.8. The zero-order chi connectivity index (χ0) is 49.0. The van der Waals surface area contributed by atoms with Gasteiger partial charge in [-0.2, -0.15) is 0 Å². The lowest BCUT2D eigenvalue weighted by Gasteiger charge is -2.34. The second-order valence-corrected chi connectivity index (χ2v) is 20.8. The van der Waals surface area contributed by atoms with Gasteiger partial charge in [-0.1, -0.05) is 184 Å². The van der Waals surface area contributed by atoms with Crippen molar-refractivity contribution in [1.29, 1.82) is 0 Å². The van der Waals surface area contributed by atoms with Gasteiger partial charge in [0, 0.05) is 52.4 Å². The van der Waals surface area contributed by atoms with Gasteiger partial charge in [0.2, 0.25) is 0 Å². The van der Waals surface area contributed by atoms with E-state index < -0.39 is 0 Å². The molecule has 1 aliphatic carbocycles. The summed E-state index contributed by atoms with van der Waals surface area (Å²) in [5.74, 6) is 0. The Labute approximate surface area is 428 Å². The summed E-state index contributed by atoms with van der Waals surface area (Å²) in [5, 5.41) is 7.40. The summed E-state index contributed by atoms with van der Waals surface area (Å²) in [6.07, 6.45) is 6.28. The molecule has 2 nitrogen and oxygen atoms in total. The smallest absolute Gasteiger partial charge is 0.0497 e. The monoisotopic (exact) mass is 934 g/mol. The molecule has 2 aliphatic heterocycles. The normalized spacial score (nSPS) is 14.4. The first-order chi connectivity index (χ1) is 35.8. The lowest BCUT2D eigenvalue weighted by Crippen LogP contribution is -2.22. The van der Waals surface area contributed by atoms with Gasteiger partial charge < -0.3 is 9.80 Å². The van der Waals surface area contributed by atoms with Crippen molar-refractivity contribution in [2.45, 2.75) is 46.0 Å². The van der Waals surface area contributed by atoms with Gasteiger partial charge in [-0.3, -0.25) is 0 Å². The number of allylic oxidation sites excluding steroid dienone is 4. The molecule has 0 amide bonds. The van der Waals surface area contributed by atoms with Crippen LogP contribution in [-0.4, -0.2) is 0 Å². The van der Waals surface area contributed by atoms with Crippen LogP contribution < -0.4 is 9.80 Å². The minimum Gasteiger partial charge on any atom is -0.314 e. The number of anilines is 5. The van der Waals surface area contributed by atoms with Gasteiger partial charge in [-0.05, 0) is 185 Å². The lowest BCUT2D eigenvalue weighted by molar-refractivity contribution is 0.660. The summed E-state index contributed by atoms with van der Waals surface area (Å²) in [5.41, 5.74) is 25.2. The molecule has 11 aromatic carbocycles. The molecule has 0 N–H and O–H groups in total. The van der Waals surface area contributed by atoms with Crippen LogP contribution in [0.15, 0.2) is 242 Å². The van der Waals surface area contributed by atoms with Gasteiger partial charge in [0.25, 0.3) is 0 Å². The summed E-state index contributed by atoms with van der Waals surface area (Å²) in [4.78, 5) is 4.99. The standard InChI is InChI=1S/C71H54N2/c1-5-17-47-38-51-20-8-13-27-66(51)72(45(47)2)56-33-36-61-62(43-56)69(54-24-16-23-49(40-54)50-31-30-46-18-6-7-19-48(46)39-50)60-37-34-57(73-67-28-14-9-21-52(67)41-53-22-10-15-29-68(53)73)44-63(60)70(61)55-32-35-59-58-25-11-12-26-64(58)71(3,4)65(59)42-55/h5-37,39-40,42-44H,38,41H2,1-4H3/b17-5-. The van der Waals surface area contributed by atoms with E-state index in [0.29, 0.717) is 0 Å². The van der Waals surface area contributed by atoms with E-state index in [9.17, 15) is 0 Å². The zero-order valence-corrected chi connectivity index (χ0v) is 41.7. The minimum absolute atomic E-state index is 0.160. The van der Waals surface area contributed by atoms with Crippen molar-refractivity contribution in [3.63, 3.8) is 0 Å². The van der Waals surface area contributed by atoms with Crippen molar-refractivity contribution < 1.29 is 0 Å². The maximum absolute atomic E-state index is 2.52. The largest absolute Gasteiger partial charge is 0.314 e. The molecule has 0 fully saturated rings. The summed E-state index contributed by atoms with van der Waals surface area (Å²) >= 11 is 0. The van der Waals surface area contributed by atoms with Gasteiger partial charge in [0.15, 0.2) is 0 Å². The Hall–Kier alpha value is -8.72. The second kappa shape index (κ2) is 16.7. The van der Waals surface area contributed by atoms with E-state index in [0.717, 1.165) is 24.2 Å². The summed E-state index contributed by atoms with van der Waals surface area (Å²) in [7, 11) is 0. The Morgan fingerprint density at radius 3 is 1.63 bits per heavy atom. The number of hydrogen-bond acceptors (Lipinski definition) is 2. The zero-order valence-electron chi connectivity index (χ0n) is 41.7. The van der Waals surface area contributed by atoms with Crippen molar-refractivity contribution in [2.24, 2.45) is 0 Å². The van der Waals surface area contributed by atoms with Crippen LogP contribution >= 0.6 is 0 Å². The molecule has 73 heavy (non-hydrogen) atoms. The van der Waals surface area contributed by atoms with Crippen molar-refractivity contribution in [2.75, 3.05) is 9.80 Å². The predicted octanol–water partition coefficient (Wildman–Crippen LogP) is 19.4. The van der Waals surface area contributed by atoms with E-state index >= 15 is 0 Å². The highest BCUT2D eigenvalue weighted by Gasteiger charge is 2.36. The molecule has 348 valence electrons. The predicted molar refractivity (Wildman–Crippen MR) is 310 cm³/mol. The molecule has 0 aromatic heterocycles. The maximum Gasteiger partial charge on any atom is 0.0497 e. The number of nitrogens with zero attached hydrogens (tertiary/aromatic N) is 2. The first-order valence-corrected chi connectivity index (χ1v) is 25.9. The molecule has 0 radical (unpaired) electrons. The molecule has 14 rings (SSSR count). The van der Waals surface area contributed by atoms with Crippen LogP contribution in [0.5, 0.6) is 0 Å². The maximum atomic E-state index is 2.52. The molecule has 0 atom stereocenters. The Bertz CT molecular complexity index is 4120. The number of rotatable bonds is 6. The lowest BCUT2D eigenvalue weighted by atomic mass is 9.80. The Morgan fingerprint density at radius 1 is 0.397 bits per heavy atom. The summed E-state index contributed by atoms with van der Waals surface area (Å²) in [6, 6.07) is 82.5. The van der Waals surface area contributed by atoms with Crippen LogP contribution in [0.1, 0.15) is 55.5 Å². The van der Waals surface area contributed by atoms with Crippen LogP contribution in [0.4, 0.5) is 28.4 Å². The molecule has 3 aliphatic rings. The number of fused-ring (bicyclic) bond motifs is 9. The van der Waals surface area contributed by atoms with E-state index in [1.54, 1.807) is 0 Å². The Morgan fingerprint density at radius 2 is 0.932 bits per heavy atom. The van der Waals surface area contributed by atoms with Crippen molar-refractivity contribution in [1.82, 2.24) is 0 Å². The van der Waals surface area contributed by atoms with E-state index in [-0.39, 0.29) is 5.41 Å². The third kappa shape index (κ3) is 6.78. The quantitative estimate of drug-likeness (QED) is 0.153. The molecule has 11 aromatic rings. The highest BCUT2D eigenvalue weighted by molar-refractivity contribution is 6.23. The molecular weight excluding hydrogens is 881 g/mol. The fraction of sp³-hybridized carbons (Fsp3) is 0.0986. The molecule has 0 saturated carbocycles. The number of hydrogen-bond donors (Lipinski definition) is 0. The van der Waals surface area contributed by atoms with Crippen molar-refractivity contribution in [3.8, 4) is 44.5 Å². The molecule has 0 saturated heterocycles. The van der Waals surface area contributed by atoms with Crippen LogP contribution in [0.25, 0.3) is 76.8 Å². The van der Waals surface area contributed by atoms with Gasteiger partial charge >= 0.3 is 0 Å². The summed E-state index contributed by atoms with van der Waals surface area (Å²) < 4.78 is 0. The highest BCUT2D eigenvalue weighted by Crippen LogP contribution is 2.54. The first kappa shape index (κ1) is 43.1. The van der Waals surface area contributed by atoms with Crippen molar-refractivity contribution >= 4 is 60.8 Å². The van der Waals surface area contributed by atoms with Gasteiger partial charge in [-0.15, -0.1) is 0 Å². The highest BCUT2D eigenvalue weighted by atomic mass is 15.2. The SMILES string of the molecule is C/C=C\C1=C(C)N(c2ccc3c(-c4ccc5c(c4)C(C)(C)c4ccccc4-5)c4cc(N5c6ccccc6Cc6ccccc65)ccc4c(-c4cccc(-c5ccc6ccccc6c5)c4)c3c2)c2ccccc2C1. The van der Waals surface area contributed by atoms with E-state index in [2.05, 4.69) is 268 Å². The van der Waals surface area contributed by atoms with Gasteiger partial charge in [-0.25, -0.2) is 0 Å². The average molecular weight is 935 g/mol. The molecule has 0 bridgehead atoms. The molecular formula is C71H54N2. The molecule has 0 unspecified atom stereocenters. The van der Waals surface area contributed by atoms with Gasteiger partial charge in [0.05, 0.1) is 0 Å². The minimum atomic E-state index is -0.160. The number of para-hydroxylation sites is 3. The average Bonchev–Trinajstić information content (AvgIpc) is 3.66. The van der Waals surface area contributed by atoms with E-state index in [1.807, 2.05) is 0 Å². The topological polar surface area (TPSA) is 6.48 Å². The van der Waals surface area contributed by atoms with Crippen molar-refractivity contribution in [3.05, 3.63) is 270 Å². The Balaban J connectivity index is 1.09. The third-order valence-corrected chi connectivity index (χ3v) is 16.3. The van der Waals surface area contributed by atoms with E-state index in [1.165, 1.54) is 133 Å². The van der Waals surface area contributed by atoms with Crippen LogP contribution in [0.3, 0.4) is 0 Å². The fourth-order valence-electron chi connectivity index (χ4n) is 12.8.